The molecule has 9 heteroatoms. The Morgan fingerprint density at radius 3 is 2.52 bits per heavy atom. The van der Waals surface area contributed by atoms with Gasteiger partial charge in [0.25, 0.3) is 0 Å². The van der Waals surface area contributed by atoms with Crippen molar-refractivity contribution in [3.8, 4) is 5.75 Å². The first kappa shape index (κ1) is 21.4. The maximum absolute atomic E-state index is 12.3. The van der Waals surface area contributed by atoms with Crippen molar-refractivity contribution in [2.45, 2.75) is 13.8 Å². The molecule has 0 aromatic heterocycles. The smallest absolute Gasteiger partial charge is 0.347 e. The lowest BCUT2D eigenvalue weighted by Crippen LogP contribution is -2.20. The molecule has 0 aliphatic carbocycles. The highest BCUT2D eigenvalue weighted by Gasteiger charge is 2.10. The first-order valence-electron chi connectivity index (χ1n) is 8.75. The second-order valence-corrected chi connectivity index (χ2v) is 5.79. The number of carbonyl (C=O) groups is 2. The van der Waals surface area contributed by atoms with E-state index in [1.807, 2.05) is 0 Å². The average Bonchev–Trinajstić information content (AvgIpc) is 2.68. The number of nitrogens with zero attached hydrogens (tertiary/aromatic N) is 1. The van der Waals surface area contributed by atoms with Crippen LogP contribution in [0.2, 0.25) is 0 Å². The quantitative estimate of drug-likeness (QED) is 0.204. The molecular formula is C20H22N4O5. The van der Waals surface area contributed by atoms with Gasteiger partial charge in [-0.3, -0.25) is 5.41 Å². The first-order valence-corrected chi connectivity index (χ1v) is 8.75. The highest BCUT2D eigenvalue weighted by molar-refractivity contribution is 5.99. The summed E-state index contributed by atoms with van der Waals surface area (Å²) in [7, 11) is 0. The van der Waals surface area contributed by atoms with Crippen molar-refractivity contribution in [1.29, 1.82) is 5.41 Å². The zero-order valence-corrected chi connectivity index (χ0v) is 16.1. The van der Waals surface area contributed by atoms with E-state index in [0.717, 1.165) is 0 Å². The number of oxime groups is 1. The minimum Gasteiger partial charge on any atom is -0.463 e. The second-order valence-electron chi connectivity index (χ2n) is 5.79. The van der Waals surface area contributed by atoms with Gasteiger partial charge in [0.15, 0.2) is 5.96 Å². The van der Waals surface area contributed by atoms with E-state index in [2.05, 4.69) is 10.5 Å². The minimum atomic E-state index is -0.537. The van der Waals surface area contributed by atoms with Gasteiger partial charge < -0.3 is 25.4 Å². The summed E-state index contributed by atoms with van der Waals surface area (Å²) in [6, 6.07) is 13.1. The maximum atomic E-state index is 12.3. The largest absolute Gasteiger partial charge is 0.463 e. The predicted octanol–water partition coefficient (Wildman–Crippen LogP) is 2.51. The lowest BCUT2D eigenvalue weighted by molar-refractivity contribution is -0.148. The summed E-state index contributed by atoms with van der Waals surface area (Å²) >= 11 is 0. The maximum Gasteiger partial charge on any atom is 0.347 e. The van der Waals surface area contributed by atoms with Gasteiger partial charge in [-0.05, 0) is 50.2 Å². The summed E-state index contributed by atoms with van der Waals surface area (Å²) in [5.74, 6) is -0.903. The predicted molar refractivity (Wildman–Crippen MR) is 108 cm³/mol. The van der Waals surface area contributed by atoms with E-state index >= 15 is 0 Å². The van der Waals surface area contributed by atoms with Gasteiger partial charge in [-0.2, -0.15) is 0 Å². The van der Waals surface area contributed by atoms with E-state index in [1.165, 1.54) is 0 Å². The van der Waals surface area contributed by atoms with Crippen LogP contribution in [0.25, 0.3) is 0 Å². The Hall–Kier alpha value is -3.88. The third-order valence-electron chi connectivity index (χ3n) is 3.55. The summed E-state index contributed by atoms with van der Waals surface area (Å²) in [5, 5.41) is 13.7. The van der Waals surface area contributed by atoms with Gasteiger partial charge in [-0.15, -0.1) is 0 Å². The van der Waals surface area contributed by atoms with E-state index in [4.69, 9.17) is 25.5 Å². The highest BCUT2D eigenvalue weighted by atomic mass is 16.7. The summed E-state index contributed by atoms with van der Waals surface area (Å²) in [6.07, 6.45) is 0. The molecule has 0 saturated carbocycles. The molecule has 0 saturated heterocycles. The fourth-order valence-electron chi connectivity index (χ4n) is 2.23. The van der Waals surface area contributed by atoms with Crippen molar-refractivity contribution in [3.05, 3.63) is 59.7 Å². The molecule has 0 aliphatic rings. The second kappa shape index (κ2) is 10.5. The van der Waals surface area contributed by atoms with Gasteiger partial charge in [-0.1, -0.05) is 17.3 Å². The van der Waals surface area contributed by atoms with E-state index in [0.29, 0.717) is 28.3 Å². The summed E-state index contributed by atoms with van der Waals surface area (Å²) < 4.78 is 10.1. The Morgan fingerprint density at radius 2 is 1.86 bits per heavy atom. The van der Waals surface area contributed by atoms with E-state index in [-0.39, 0.29) is 19.2 Å². The van der Waals surface area contributed by atoms with Crippen molar-refractivity contribution in [1.82, 2.24) is 0 Å². The number of hydrogen-bond acceptors (Lipinski definition) is 7. The molecule has 0 radical (unpaired) electrons. The van der Waals surface area contributed by atoms with Crippen LogP contribution in [-0.2, 0) is 14.4 Å². The molecular weight excluding hydrogens is 376 g/mol. The minimum absolute atomic E-state index is 0.194. The number of nitrogens with two attached hydrogens (primary N) is 1. The fraction of sp³-hybridized carbons (Fsp3) is 0.200. The fourth-order valence-corrected chi connectivity index (χ4v) is 2.23. The van der Waals surface area contributed by atoms with E-state index in [1.54, 1.807) is 62.4 Å². The van der Waals surface area contributed by atoms with Crippen LogP contribution in [0.15, 0.2) is 53.7 Å². The summed E-state index contributed by atoms with van der Waals surface area (Å²) in [5.41, 5.74) is 7.36. The molecule has 0 unspecified atom stereocenters. The molecule has 0 amide bonds. The van der Waals surface area contributed by atoms with Gasteiger partial charge in [0.05, 0.1) is 17.9 Å². The van der Waals surface area contributed by atoms with Crippen LogP contribution in [0.5, 0.6) is 5.75 Å². The number of nitrogens with one attached hydrogen (secondary N) is 2. The molecule has 0 fully saturated rings. The van der Waals surface area contributed by atoms with Crippen LogP contribution < -0.4 is 15.8 Å². The zero-order valence-electron chi connectivity index (χ0n) is 16.1. The van der Waals surface area contributed by atoms with Crippen molar-refractivity contribution >= 4 is 29.3 Å². The standard InChI is InChI=1S/C20H22N4O5/c1-3-27-18(25)12-28-24-13(2)15-5-4-6-17(11-15)29-19(26)14-7-9-16(10-8-14)23-20(21)22/h4-11H,3,12H2,1-2H3,(H4,21,22,23)/b24-13-. The lowest BCUT2D eigenvalue weighted by atomic mass is 10.1. The highest BCUT2D eigenvalue weighted by Crippen LogP contribution is 2.17. The Balaban J connectivity index is 2.00. The number of rotatable bonds is 8. The number of guanidine groups is 1. The normalized spacial score (nSPS) is 10.8. The number of anilines is 1. The molecule has 0 bridgehead atoms. The molecule has 0 atom stereocenters. The Kier molecular flexibility index (Phi) is 7.72. The van der Waals surface area contributed by atoms with E-state index in [9.17, 15) is 9.59 Å². The van der Waals surface area contributed by atoms with Crippen molar-refractivity contribution in [2.75, 3.05) is 18.5 Å². The van der Waals surface area contributed by atoms with Gasteiger partial charge in [0, 0.05) is 11.3 Å². The van der Waals surface area contributed by atoms with Crippen LogP contribution in [0, 0.1) is 5.41 Å². The SMILES string of the molecule is CCOC(=O)CO/N=C(/C)c1cccc(OC(=O)c2ccc(NC(=N)N)cc2)c1. The third kappa shape index (κ3) is 6.98. The van der Waals surface area contributed by atoms with Crippen molar-refractivity contribution in [2.24, 2.45) is 10.9 Å². The third-order valence-corrected chi connectivity index (χ3v) is 3.55. The number of ether oxygens (including phenoxy) is 2. The van der Waals surface area contributed by atoms with Crippen molar-refractivity contribution in [3.63, 3.8) is 0 Å². The van der Waals surface area contributed by atoms with Gasteiger partial charge in [-0.25, -0.2) is 9.59 Å². The Bertz CT molecular complexity index is 909. The summed E-state index contributed by atoms with van der Waals surface area (Å²) in [4.78, 5) is 28.5. The van der Waals surface area contributed by atoms with Crippen LogP contribution in [0.4, 0.5) is 5.69 Å². The topological polar surface area (TPSA) is 136 Å². The summed E-state index contributed by atoms with van der Waals surface area (Å²) in [6.45, 7) is 3.39. The molecule has 0 spiro atoms. The molecule has 152 valence electrons. The van der Waals surface area contributed by atoms with Gasteiger partial charge >= 0.3 is 11.9 Å². The lowest BCUT2D eigenvalue weighted by Gasteiger charge is -2.08. The first-order chi connectivity index (χ1) is 13.9. The number of benzene rings is 2. The van der Waals surface area contributed by atoms with Crippen LogP contribution in [0.3, 0.4) is 0 Å². The molecule has 29 heavy (non-hydrogen) atoms. The monoisotopic (exact) mass is 398 g/mol. The average molecular weight is 398 g/mol. The zero-order chi connectivity index (χ0) is 21.2. The molecule has 0 aliphatic heterocycles. The Labute approximate surface area is 167 Å². The van der Waals surface area contributed by atoms with Crippen LogP contribution in [0.1, 0.15) is 29.8 Å². The molecule has 0 heterocycles. The van der Waals surface area contributed by atoms with Crippen LogP contribution >= 0.6 is 0 Å². The molecule has 2 rings (SSSR count). The van der Waals surface area contributed by atoms with Gasteiger partial charge in [0.2, 0.25) is 6.61 Å². The Morgan fingerprint density at radius 1 is 1.14 bits per heavy atom. The van der Waals surface area contributed by atoms with Crippen LogP contribution in [-0.4, -0.2) is 36.8 Å². The molecule has 4 N–H and O–H groups in total. The number of carbonyl (C=O) groups excluding carboxylic acids is 2. The molecule has 2 aromatic rings. The van der Waals surface area contributed by atoms with Gasteiger partial charge in [0.1, 0.15) is 5.75 Å². The van der Waals surface area contributed by atoms with Crippen molar-refractivity contribution < 1.29 is 23.9 Å². The number of esters is 2. The van der Waals surface area contributed by atoms with E-state index < -0.39 is 11.9 Å². The number of hydrogen-bond donors (Lipinski definition) is 3. The molecule has 9 nitrogen and oxygen atoms in total. The molecule has 2 aromatic carbocycles.